The average Bonchev–Trinajstić information content (AvgIpc) is 2.86. The van der Waals surface area contributed by atoms with Crippen LogP contribution in [-0.2, 0) is 18.2 Å². The van der Waals surface area contributed by atoms with Crippen LogP contribution in [0.1, 0.15) is 23.0 Å². The van der Waals surface area contributed by atoms with Crippen molar-refractivity contribution in [3.8, 4) is 0 Å². The molecule has 0 aliphatic carbocycles. The maximum absolute atomic E-state index is 11.8. The van der Waals surface area contributed by atoms with Gasteiger partial charge in [0, 0.05) is 38.1 Å². The van der Waals surface area contributed by atoms with Gasteiger partial charge in [-0.3, -0.25) is 4.68 Å². The molecule has 7 heteroatoms. The van der Waals surface area contributed by atoms with E-state index < -0.39 is 5.97 Å². The van der Waals surface area contributed by atoms with Crippen LogP contribution in [-0.4, -0.2) is 33.9 Å². The number of carbonyl (C=O) groups is 1. The average molecular weight is 289 g/mol. The molecule has 0 bridgehead atoms. The number of carbonyl (C=O) groups excluding carboxylic acids is 1. The largest absolute Gasteiger partial charge is 0.462 e. The number of nitrogens with two attached hydrogens (primary N) is 1. The van der Waals surface area contributed by atoms with E-state index in [2.05, 4.69) is 15.4 Å². The highest BCUT2D eigenvalue weighted by atomic mass is 16.5. The SMILES string of the molecule is CCOC(=O)c1ccnc(NCCc2ccnn2C)c1N. The molecular weight excluding hydrogens is 270 g/mol. The van der Waals surface area contributed by atoms with Crippen LogP contribution < -0.4 is 11.1 Å². The molecule has 0 spiro atoms. The van der Waals surface area contributed by atoms with E-state index in [4.69, 9.17) is 10.5 Å². The quantitative estimate of drug-likeness (QED) is 0.777. The number of hydrogen-bond acceptors (Lipinski definition) is 6. The minimum atomic E-state index is -0.438. The number of hydrogen-bond donors (Lipinski definition) is 2. The lowest BCUT2D eigenvalue weighted by Crippen LogP contribution is -2.14. The number of pyridine rings is 1. The van der Waals surface area contributed by atoms with Crippen molar-refractivity contribution in [1.29, 1.82) is 0 Å². The molecule has 21 heavy (non-hydrogen) atoms. The first-order valence-corrected chi connectivity index (χ1v) is 6.75. The summed E-state index contributed by atoms with van der Waals surface area (Å²) in [6.45, 7) is 2.70. The fourth-order valence-corrected chi connectivity index (χ4v) is 1.96. The Hall–Kier alpha value is -2.57. The molecule has 0 saturated carbocycles. The van der Waals surface area contributed by atoms with Gasteiger partial charge in [0.2, 0.25) is 0 Å². The van der Waals surface area contributed by atoms with Gasteiger partial charge in [-0.1, -0.05) is 0 Å². The molecule has 0 radical (unpaired) electrons. The molecule has 0 unspecified atom stereocenters. The van der Waals surface area contributed by atoms with Crippen molar-refractivity contribution in [1.82, 2.24) is 14.8 Å². The molecule has 2 heterocycles. The van der Waals surface area contributed by atoms with Gasteiger partial charge in [0.05, 0.1) is 17.9 Å². The van der Waals surface area contributed by atoms with Gasteiger partial charge in [-0.25, -0.2) is 9.78 Å². The maximum Gasteiger partial charge on any atom is 0.340 e. The van der Waals surface area contributed by atoms with E-state index in [9.17, 15) is 4.79 Å². The molecule has 2 rings (SSSR count). The summed E-state index contributed by atoms with van der Waals surface area (Å²) in [5.41, 5.74) is 7.70. The van der Waals surface area contributed by atoms with E-state index in [-0.39, 0.29) is 0 Å². The lowest BCUT2D eigenvalue weighted by molar-refractivity contribution is 0.0527. The van der Waals surface area contributed by atoms with Crippen molar-refractivity contribution in [2.75, 3.05) is 24.2 Å². The van der Waals surface area contributed by atoms with Crippen LogP contribution >= 0.6 is 0 Å². The van der Waals surface area contributed by atoms with Crippen molar-refractivity contribution in [3.63, 3.8) is 0 Å². The molecule has 0 saturated heterocycles. The highest BCUT2D eigenvalue weighted by Crippen LogP contribution is 2.20. The molecule has 3 N–H and O–H groups in total. The number of nitrogens with one attached hydrogen (secondary N) is 1. The van der Waals surface area contributed by atoms with Gasteiger partial charge >= 0.3 is 5.97 Å². The van der Waals surface area contributed by atoms with E-state index in [1.807, 2.05) is 17.8 Å². The van der Waals surface area contributed by atoms with Gasteiger partial charge in [-0.05, 0) is 19.1 Å². The minimum Gasteiger partial charge on any atom is -0.462 e. The van der Waals surface area contributed by atoms with Crippen LogP contribution in [0.5, 0.6) is 0 Å². The van der Waals surface area contributed by atoms with E-state index in [1.165, 1.54) is 6.20 Å². The first-order valence-electron chi connectivity index (χ1n) is 6.75. The molecule has 0 fully saturated rings. The van der Waals surface area contributed by atoms with E-state index in [1.54, 1.807) is 19.2 Å². The summed E-state index contributed by atoms with van der Waals surface area (Å²) >= 11 is 0. The zero-order valence-electron chi connectivity index (χ0n) is 12.2. The standard InChI is InChI=1S/C14H19N5O2/c1-3-21-14(20)11-6-8-17-13(12(11)15)16-7-4-10-5-9-18-19(10)2/h5-6,8-9H,3-4,7,15H2,1-2H3,(H,16,17). The topological polar surface area (TPSA) is 95.1 Å². The molecule has 2 aromatic rings. The van der Waals surface area contributed by atoms with E-state index in [0.717, 1.165) is 12.1 Å². The van der Waals surface area contributed by atoms with Gasteiger partial charge in [0.15, 0.2) is 0 Å². The first kappa shape index (κ1) is 14.8. The van der Waals surface area contributed by atoms with Gasteiger partial charge in [-0.2, -0.15) is 5.10 Å². The molecule has 112 valence electrons. The minimum absolute atomic E-state index is 0.306. The van der Waals surface area contributed by atoms with Crippen LogP contribution in [0.15, 0.2) is 24.5 Å². The number of aryl methyl sites for hydroxylation is 1. The lowest BCUT2D eigenvalue weighted by atomic mass is 10.2. The normalized spacial score (nSPS) is 10.4. The third kappa shape index (κ3) is 3.50. The Bertz CT molecular complexity index is 624. The van der Waals surface area contributed by atoms with Crippen molar-refractivity contribution in [3.05, 3.63) is 35.8 Å². The first-order chi connectivity index (χ1) is 10.1. The fraction of sp³-hybridized carbons (Fsp3) is 0.357. The highest BCUT2D eigenvalue weighted by molar-refractivity contribution is 5.97. The molecule has 2 aromatic heterocycles. The lowest BCUT2D eigenvalue weighted by Gasteiger charge is -2.11. The zero-order chi connectivity index (χ0) is 15.2. The molecule has 0 aromatic carbocycles. The Balaban J connectivity index is 2.02. The Labute approximate surface area is 123 Å². The van der Waals surface area contributed by atoms with Crippen LogP contribution in [0.2, 0.25) is 0 Å². The van der Waals surface area contributed by atoms with Crippen LogP contribution in [0.3, 0.4) is 0 Å². The predicted molar refractivity (Wildman–Crippen MR) is 80.0 cm³/mol. The number of aromatic nitrogens is 3. The molecule has 0 atom stereocenters. The van der Waals surface area contributed by atoms with Crippen molar-refractivity contribution in [2.45, 2.75) is 13.3 Å². The predicted octanol–water partition coefficient (Wildman–Crippen LogP) is 1.23. The third-order valence-corrected chi connectivity index (χ3v) is 3.08. The monoisotopic (exact) mass is 289 g/mol. The Morgan fingerprint density at radius 1 is 1.43 bits per heavy atom. The van der Waals surface area contributed by atoms with E-state index >= 15 is 0 Å². The summed E-state index contributed by atoms with van der Waals surface area (Å²) in [7, 11) is 1.89. The van der Waals surface area contributed by atoms with Gasteiger partial charge in [0.1, 0.15) is 5.82 Å². The molecule has 0 aliphatic rings. The van der Waals surface area contributed by atoms with Crippen molar-refractivity contribution < 1.29 is 9.53 Å². The van der Waals surface area contributed by atoms with E-state index in [0.29, 0.717) is 30.2 Å². The van der Waals surface area contributed by atoms with Gasteiger partial charge in [0.25, 0.3) is 0 Å². The number of anilines is 2. The number of esters is 1. The van der Waals surface area contributed by atoms with Crippen LogP contribution in [0.4, 0.5) is 11.5 Å². The summed E-state index contributed by atoms with van der Waals surface area (Å²) in [5, 5.41) is 7.24. The highest BCUT2D eigenvalue weighted by Gasteiger charge is 2.14. The summed E-state index contributed by atoms with van der Waals surface area (Å²) in [5.74, 6) is 0.0507. The molecular formula is C14H19N5O2. The second-order valence-electron chi connectivity index (χ2n) is 4.46. The van der Waals surface area contributed by atoms with Gasteiger partial charge in [-0.15, -0.1) is 0 Å². The summed E-state index contributed by atoms with van der Waals surface area (Å²) < 4.78 is 6.77. The Kier molecular flexibility index (Phi) is 4.76. The maximum atomic E-state index is 11.8. The molecule has 7 nitrogen and oxygen atoms in total. The summed E-state index contributed by atoms with van der Waals surface area (Å²) in [6.07, 6.45) is 4.07. The second kappa shape index (κ2) is 6.74. The molecule has 0 aliphatic heterocycles. The third-order valence-electron chi connectivity index (χ3n) is 3.08. The number of nitrogens with zero attached hydrogens (tertiary/aromatic N) is 3. The zero-order valence-corrected chi connectivity index (χ0v) is 12.2. The fourth-order valence-electron chi connectivity index (χ4n) is 1.96. The van der Waals surface area contributed by atoms with Crippen molar-refractivity contribution in [2.24, 2.45) is 7.05 Å². The smallest absolute Gasteiger partial charge is 0.340 e. The number of nitrogen functional groups attached to an aromatic ring is 1. The number of ether oxygens (including phenoxy) is 1. The molecule has 0 amide bonds. The van der Waals surface area contributed by atoms with Crippen molar-refractivity contribution >= 4 is 17.5 Å². The summed E-state index contributed by atoms with van der Waals surface area (Å²) in [6, 6.07) is 3.51. The van der Waals surface area contributed by atoms with Gasteiger partial charge < -0.3 is 15.8 Å². The van der Waals surface area contributed by atoms with Crippen LogP contribution in [0.25, 0.3) is 0 Å². The Morgan fingerprint density at radius 3 is 2.90 bits per heavy atom. The number of rotatable bonds is 6. The Morgan fingerprint density at radius 2 is 2.24 bits per heavy atom. The summed E-state index contributed by atoms with van der Waals surface area (Å²) in [4.78, 5) is 15.9. The second-order valence-corrected chi connectivity index (χ2v) is 4.46. The van der Waals surface area contributed by atoms with Crippen LogP contribution in [0, 0.1) is 0 Å².